The summed E-state index contributed by atoms with van der Waals surface area (Å²) in [5.74, 6) is -0.447. The van der Waals surface area contributed by atoms with Gasteiger partial charge >= 0.3 is 5.97 Å². The highest BCUT2D eigenvalue weighted by Gasteiger charge is 2.35. The van der Waals surface area contributed by atoms with Crippen LogP contribution >= 0.6 is 22.9 Å². The van der Waals surface area contributed by atoms with Gasteiger partial charge in [-0.25, -0.2) is 9.79 Å². The summed E-state index contributed by atoms with van der Waals surface area (Å²) in [6.45, 7) is 3.74. The van der Waals surface area contributed by atoms with Gasteiger partial charge in [-0.1, -0.05) is 83.6 Å². The molecular formula is C36H31ClN4O4S. The van der Waals surface area contributed by atoms with Gasteiger partial charge in [0.25, 0.3) is 5.56 Å². The van der Waals surface area contributed by atoms with Gasteiger partial charge in [-0.2, -0.15) is 0 Å². The molecule has 5 aromatic rings. The highest BCUT2D eigenvalue weighted by atomic mass is 35.5. The number of esters is 1. The molecule has 1 saturated heterocycles. The molecule has 0 radical (unpaired) electrons. The molecule has 232 valence electrons. The first-order chi connectivity index (χ1) is 22.4. The minimum atomic E-state index is -0.788. The highest BCUT2D eigenvalue weighted by molar-refractivity contribution is 7.07. The maximum atomic E-state index is 14.3. The number of likely N-dealkylation sites (tertiary alicyclic amines) is 1. The van der Waals surface area contributed by atoms with Gasteiger partial charge in [-0.3, -0.25) is 14.2 Å². The van der Waals surface area contributed by atoms with Crippen LogP contribution < -0.4 is 14.9 Å². The molecule has 0 bridgehead atoms. The molecule has 2 aromatic heterocycles. The summed E-state index contributed by atoms with van der Waals surface area (Å²) >= 11 is 7.52. The number of fused-ring (bicyclic) bond motifs is 2. The largest absolute Gasteiger partial charge is 0.463 e. The summed E-state index contributed by atoms with van der Waals surface area (Å²) in [7, 11) is 0. The van der Waals surface area contributed by atoms with E-state index in [1.807, 2.05) is 88.5 Å². The standard InChI is InChI=1S/C36H31ClN4O4S/c1-2-45-35(44)31-32(23-10-4-3-5-11-23)38-36-41(33(31)24-14-16-26(37)17-15-24)34(43)29(46-36)20-25-21-40(28-13-7-6-12-27(25)28)22-30(42)39-18-8-9-19-39/h3-7,10-17,20-21,33H,2,8-9,18-19,22H2,1H3/b29-20+/t33-/m1/s1. The molecule has 46 heavy (non-hydrogen) atoms. The molecule has 0 unspecified atom stereocenters. The minimum absolute atomic E-state index is 0.0899. The second-order valence-electron chi connectivity index (χ2n) is 11.3. The first-order valence-corrected chi connectivity index (χ1v) is 16.5. The number of amides is 1. The van der Waals surface area contributed by atoms with Gasteiger partial charge in [-0.15, -0.1) is 0 Å². The predicted octanol–water partition coefficient (Wildman–Crippen LogP) is 5.17. The average Bonchev–Trinajstić information content (AvgIpc) is 3.81. The van der Waals surface area contributed by atoms with E-state index in [0.29, 0.717) is 25.6 Å². The lowest BCUT2D eigenvalue weighted by Crippen LogP contribution is -2.40. The van der Waals surface area contributed by atoms with E-state index in [2.05, 4.69) is 0 Å². The van der Waals surface area contributed by atoms with Crippen LogP contribution in [0.2, 0.25) is 5.02 Å². The van der Waals surface area contributed by atoms with E-state index in [1.54, 1.807) is 23.6 Å². The Kier molecular flexibility index (Phi) is 8.19. The number of thiazole rings is 1. The molecule has 2 aliphatic rings. The zero-order valence-electron chi connectivity index (χ0n) is 25.2. The molecule has 0 N–H and O–H groups in total. The van der Waals surface area contributed by atoms with E-state index >= 15 is 0 Å². The summed E-state index contributed by atoms with van der Waals surface area (Å²) in [5.41, 5.74) is 3.67. The van der Waals surface area contributed by atoms with Gasteiger partial charge in [0, 0.05) is 46.3 Å². The number of carbonyl (C=O) groups excluding carboxylic acids is 2. The van der Waals surface area contributed by atoms with Crippen molar-refractivity contribution in [3.63, 3.8) is 0 Å². The van der Waals surface area contributed by atoms with Crippen LogP contribution in [0.3, 0.4) is 0 Å². The summed E-state index contributed by atoms with van der Waals surface area (Å²) in [5, 5.41) is 1.48. The second-order valence-corrected chi connectivity index (χ2v) is 12.7. The smallest absolute Gasteiger partial charge is 0.338 e. The fourth-order valence-corrected chi connectivity index (χ4v) is 7.39. The van der Waals surface area contributed by atoms with E-state index < -0.39 is 12.0 Å². The Labute approximate surface area is 274 Å². The number of benzene rings is 3. The lowest BCUT2D eigenvalue weighted by molar-refractivity contribution is -0.139. The van der Waals surface area contributed by atoms with E-state index in [4.69, 9.17) is 21.3 Å². The molecule has 7 rings (SSSR count). The van der Waals surface area contributed by atoms with Crippen molar-refractivity contribution in [2.45, 2.75) is 32.4 Å². The number of ether oxygens (including phenoxy) is 1. The quantitative estimate of drug-likeness (QED) is 0.228. The van der Waals surface area contributed by atoms with Crippen molar-refractivity contribution in [1.29, 1.82) is 0 Å². The molecule has 0 aliphatic carbocycles. The molecule has 1 atom stereocenters. The third-order valence-electron chi connectivity index (χ3n) is 8.43. The zero-order chi connectivity index (χ0) is 31.8. The van der Waals surface area contributed by atoms with Crippen molar-refractivity contribution in [2.75, 3.05) is 19.7 Å². The van der Waals surface area contributed by atoms with Crippen LogP contribution in [0, 0.1) is 0 Å². The van der Waals surface area contributed by atoms with Crippen LogP contribution in [0.15, 0.2) is 100 Å². The van der Waals surface area contributed by atoms with Gasteiger partial charge in [0.2, 0.25) is 5.91 Å². The van der Waals surface area contributed by atoms with Crippen LogP contribution in [0.5, 0.6) is 0 Å². The summed E-state index contributed by atoms with van der Waals surface area (Å²) in [6, 6.07) is 23.7. The van der Waals surface area contributed by atoms with Gasteiger partial charge < -0.3 is 14.2 Å². The predicted molar refractivity (Wildman–Crippen MR) is 180 cm³/mol. The zero-order valence-corrected chi connectivity index (χ0v) is 26.8. The number of hydrogen-bond donors (Lipinski definition) is 0. The molecule has 10 heteroatoms. The summed E-state index contributed by atoms with van der Waals surface area (Å²) < 4.78 is 9.55. The Bertz CT molecular complexity index is 2170. The highest BCUT2D eigenvalue weighted by Crippen LogP contribution is 2.35. The molecule has 8 nitrogen and oxygen atoms in total. The SMILES string of the molecule is CCOC(=O)C1=C(c2ccccc2)N=c2s/c(=C/c3cn(CC(=O)N4CCCC4)c4ccccc34)c(=O)n2[C@@H]1c1ccc(Cl)cc1. The van der Waals surface area contributed by atoms with Crippen LogP contribution in [0.25, 0.3) is 22.7 Å². The summed E-state index contributed by atoms with van der Waals surface area (Å²) in [4.78, 5) is 48.4. The molecule has 0 spiro atoms. The Morgan fingerprint density at radius 1 is 1.00 bits per heavy atom. The molecule has 0 saturated carbocycles. The van der Waals surface area contributed by atoms with Crippen molar-refractivity contribution in [2.24, 2.45) is 4.99 Å². The van der Waals surface area contributed by atoms with Crippen molar-refractivity contribution in [3.05, 3.63) is 132 Å². The molecule has 1 amide bonds. The average molecular weight is 651 g/mol. The molecule has 1 fully saturated rings. The number of aromatic nitrogens is 2. The number of para-hydroxylation sites is 1. The van der Waals surface area contributed by atoms with Gasteiger partial charge in [0.1, 0.15) is 6.54 Å². The molecule has 2 aliphatic heterocycles. The third kappa shape index (κ3) is 5.50. The third-order valence-corrected chi connectivity index (χ3v) is 9.66. The van der Waals surface area contributed by atoms with Crippen molar-refractivity contribution in [3.8, 4) is 0 Å². The normalized spacial score (nSPS) is 16.5. The fraction of sp³-hybridized carbons (Fsp3) is 0.222. The maximum Gasteiger partial charge on any atom is 0.338 e. The molecular weight excluding hydrogens is 620 g/mol. The Hall–Kier alpha value is -4.73. The lowest BCUT2D eigenvalue weighted by atomic mass is 9.93. The van der Waals surface area contributed by atoms with E-state index in [1.165, 1.54) is 11.3 Å². The summed E-state index contributed by atoms with van der Waals surface area (Å²) in [6.07, 6.45) is 5.86. The van der Waals surface area contributed by atoms with Gasteiger partial charge in [0.15, 0.2) is 4.80 Å². The first kappa shape index (κ1) is 30.0. The monoisotopic (exact) mass is 650 g/mol. The van der Waals surface area contributed by atoms with Crippen molar-refractivity contribution in [1.82, 2.24) is 14.0 Å². The minimum Gasteiger partial charge on any atom is -0.463 e. The number of rotatable bonds is 7. The van der Waals surface area contributed by atoms with Crippen LogP contribution in [-0.2, 0) is 20.9 Å². The Morgan fingerprint density at radius 3 is 2.46 bits per heavy atom. The van der Waals surface area contributed by atoms with Crippen molar-refractivity contribution < 1.29 is 14.3 Å². The number of halogens is 1. The van der Waals surface area contributed by atoms with Gasteiger partial charge in [-0.05, 0) is 49.6 Å². The van der Waals surface area contributed by atoms with Crippen molar-refractivity contribution >= 4 is 57.5 Å². The van der Waals surface area contributed by atoms with E-state index in [0.717, 1.165) is 48.0 Å². The molecule has 3 aromatic carbocycles. The Balaban J connectivity index is 1.42. The molecule has 4 heterocycles. The van der Waals surface area contributed by atoms with Gasteiger partial charge in [0.05, 0.1) is 28.5 Å². The van der Waals surface area contributed by atoms with Crippen LogP contribution in [0.1, 0.15) is 42.5 Å². The first-order valence-electron chi connectivity index (χ1n) is 15.3. The number of nitrogens with zero attached hydrogens (tertiary/aromatic N) is 4. The fourth-order valence-electron chi connectivity index (χ4n) is 6.28. The Morgan fingerprint density at radius 2 is 1.72 bits per heavy atom. The lowest BCUT2D eigenvalue weighted by Gasteiger charge is -2.25. The van der Waals surface area contributed by atoms with Crippen LogP contribution in [0.4, 0.5) is 0 Å². The maximum absolute atomic E-state index is 14.3. The number of hydrogen-bond acceptors (Lipinski definition) is 6. The van der Waals surface area contributed by atoms with E-state index in [9.17, 15) is 14.4 Å². The number of carbonyl (C=O) groups is 2. The second kappa shape index (κ2) is 12.6. The topological polar surface area (TPSA) is 85.9 Å². The van der Waals surface area contributed by atoms with Crippen LogP contribution in [-0.4, -0.2) is 45.6 Å². The van der Waals surface area contributed by atoms with E-state index in [-0.39, 0.29) is 30.2 Å².